The first-order valence-corrected chi connectivity index (χ1v) is 12.2. The second-order valence-electron chi connectivity index (χ2n) is 8.29. The van der Waals surface area contributed by atoms with Gasteiger partial charge in [-0.3, -0.25) is 9.80 Å². The predicted octanol–water partition coefficient (Wildman–Crippen LogP) is 4.00. The molecule has 1 heterocycles. The number of hydrazine groups is 1. The van der Waals surface area contributed by atoms with Crippen LogP contribution >= 0.6 is 0 Å². The van der Waals surface area contributed by atoms with Gasteiger partial charge in [-0.05, 0) is 49.6 Å². The first-order valence-electron chi connectivity index (χ1n) is 12.2. The Hall–Kier alpha value is -3.63. The number of hydrogen-bond acceptors (Lipinski definition) is 9. The molecule has 0 spiro atoms. The average molecular weight is 499 g/mol. The van der Waals surface area contributed by atoms with Crippen LogP contribution in [0, 0.1) is 0 Å². The smallest absolute Gasteiger partial charge is 0.303 e. The van der Waals surface area contributed by atoms with Crippen LogP contribution in [0.25, 0.3) is 0 Å². The number of rotatable bonds is 14. The average Bonchev–Trinajstić information content (AvgIpc) is 2.87. The third-order valence-electron chi connectivity index (χ3n) is 5.07. The highest BCUT2D eigenvalue weighted by Crippen LogP contribution is 2.26. The van der Waals surface area contributed by atoms with E-state index in [1.165, 1.54) is 16.8 Å². The molecule has 0 aliphatic heterocycles. The molecule has 0 bridgehead atoms. The van der Waals surface area contributed by atoms with Crippen molar-refractivity contribution >= 4 is 29.1 Å². The van der Waals surface area contributed by atoms with E-state index in [0.717, 1.165) is 50.0 Å². The van der Waals surface area contributed by atoms with Gasteiger partial charge in [-0.2, -0.15) is 4.98 Å². The van der Waals surface area contributed by atoms with Crippen molar-refractivity contribution in [3.63, 3.8) is 0 Å². The summed E-state index contributed by atoms with van der Waals surface area (Å²) in [5, 5.41) is 12.7. The van der Waals surface area contributed by atoms with Crippen LogP contribution in [0.2, 0.25) is 0 Å². The summed E-state index contributed by atoms with van der Waals surface area (Å²) < 4.78 is 0. The summed E-state index contributed by atoms with van der Waals surface area (Å²) in [6.07, 6.45) is 10.3. The van der Waals surface area contributed by atoms with Crippen molar-refractivity contribution in [3.8, 4) is 0 Å². The van der Waals surface area contributed by atoms with Crippen LogP contribution in [-0.2, 0) is 11.2 Å². The normalized spacial score (nSPS) is 10.8. The third-order valence-corrected chi connectivity index (χ3v) is 5.07. The Kier molecular flexibility index (Phi) is 14.3. The molecule has 0 radical (unpaired) electrons. The van der Waals surface area contributed by atoms with Crippen LogP contribution in [0.15, 0.2) is 55.0 Å². The number of nitrogens with one attached hydrogen (secondary N) is 1. The molecule has 0 fully saturated rings. The van der Waals surface area contributed by atoms with Crippen LogP contribution in [0.4, 0.5) is 23.1 Å². The molecule has 0 saturated heterocycles. The van der Waals surface area contributed by atoms with Gasteiger partial charge in [-0.15, -0.1) is 0 Å². The lowest BCUT2D eigenvalue weighted by Crippen LogP contribution is -2.27. The van der Waals surface area contributed by atoms with Gasteiger partial charge in [0.2, 0.25) is 5.95 Å². The molecule has 1 aromatic carbocycles. The first-order chi connectivity index (χ1) is 17.2. The second kappa shape index (κ2) is 16.9. The number of unbranched alkanes of at least 4 members (excludes halogenated alkanes) is 1. The molecular formula is C26H42N8O2. The number of aromatic nitrogens is 2. The highest BCUT2D eigenvalue weighted by Gasteiger charge is 2.13. The van der Waals surface area contributed by atoms with Crippen molar-refractivity contribution in [1.82, 2.24) is 14.9 Å². The zero-order valence-corrected chi connectivity index (χ0v) is 21.8. The zero-order valence-electron chi connectivity index (χ0n) is 21.8. The number of allylic oxidation sites excluding steroid dienone is 1. The predicted molar refractivity (Wildman–Crippen MR) is 149 cm³/mol. The minimum atomic E-state index is -0.693. The van der Waals surface area contributed by atoms with Crippen molar-refractivity contribution in [2.24, 2.45) is 11.6 Å². The Balaban J connectivity index is 0.000000809. The lowest BCUT2D eigenvalue weighted by atomic mass is 10.1. The van der Waals surface area contributed by atoms with Crippen molar-refractivity contribution < 1.29 is 9.90 Å². The Morgan fingerprint density at radius 3 is 2.42 bits per heavy atom. The minimum Gasteiger partial charge on any atom is -0.481 e. The Morgan fingerprint density at radius 1 is 1.19 bits per heavy atom. The third kappa shape index (κ3) is 11.2. The van der Waals surface area contributed by atoms with Crippen LogP contribution in [-0.4, -0.2) is 46.1 Å². The summed E-state index contributed by atoms with van der Waals surface area (Å²) in [7, 11) is 1.97. The summed E-state index contributed by atoms with van der Waals surface area (Å²) in [5.74, 6) is 6.40. The Morgan fingerprint density at radius 2 is 1.89 bits per heavy atom. The number of carboxylic acids is 1. The van der Waals surface area contributed by atoms with Crippen molar-refractivity contribution in [2.75, 3.05) is 36.2 Å². The molecular weight excluding hydrogens is 456 g/mol. The standard InChI is InChI=1S/C21H32N8.C5H10O2/c1-4-7-16-8-10-18(11-9-16)29(24)20-19(23)14-25-21(27-20)26-17(5-2)15-28(3)13-6-12-22;1-2-3-4-5(6)7/h5,8-11,14-15H,2,4,6-7,12-13,22-24H2,1,3H3,(H,25,26,27);2-4H2,1H3,(H,6,7)/b17-15+;. The van der Waals surface area contributed by atoms with Crippen molar-refractivity contribution in [2.45, 2.75) is 52.4 Å². The number of aryl methyl sites for hydroxylation is 1. The van der Waals surface area contributed by atoms with Crippen LogP contribution in [0.5, 0.6) is 0 Å². The summed E-state index contributed by atoms with van der Waals surface area (Å²) in [6, 6.07) is 8.04. The second-order valence-corrected chi connectivity index (χ2v) is 8.29. The zero-order chi connectivity index (χ0) is 26.9. The van der Waals surface area contributed by atoms with E-state index < -0.39 is 5.97 Å². The van der Waals surface area contributed by atoms with E-state index in [4.69, 9.17) is 22.4 Å². The quantitative estimate of drug-likeness (QED) is 0.146. The van der Waals surface area contributed by atoms with Crippen LogP contribution in [0.3, 0.4) is 0 Å². The maximum Gasteiger partial charge on any atom is 0.303 e. The van der Waals surface area contributed by atoms with Gasteiger partial charge in [-0.25, -0.2) is 10.8 Å². The fourth-order valence-corrected chi connectivity index (χ4v) is 3.11. The molecule has 0 unspecified atom stereocenters. The van der Waals surface area contributed by atoms with Gasteiger partial charge in [0.15, 0.2) is 5.82 Å². The lowest BCUT2D eigenvalue weighted by Gasteiger charge is -2.20. The molecule has 198 valence electrons. The molecule has 0 atom stereocenters. The molecule has 10 heteroatoms. The highest BCUT2D eigenvalue weighted by molar-refractivity contribution is 5.70. The van der Waals surface area contributed by atoms with Crippen molar-refractivity contribution in [3.05, 3.63) is 60.6 Å². The van der Waals surface area contributed by atoms with Crippen molar-refractivity contribution in [1.29, 1.82) is 0 Å². The Labute approximate surface area is 214 Å². The fourth-order valence-electron chi connectivity index (χ4n) is 3.11. The summed E-state index contributed by atoms with van der Waals surface area (Å²) in [6.45, 7) is 9.45. The van der Waals surface area contributed by atoms with Gasteiger partial charge < -0.3 is 26.8 Å². The van der Waals surface area contributed by atoms with Gasteiger partial charge in [-0.1, -0.05) is 45.4 Å². The van der Waals surface area contributed by atoms with Gasteiger partial charge in [0.05, 0.1) is 23.3 Å². The van der Waals surface area contributed by atoms with Crippen LogP contribution < -0.4 is 27.6 Å². The molecule has 0 saturated carbocycles. The van der Waals surface area contributed by atoms with Gasteiger partial charge in [0, 0.05) is 26.2 Å². The van der Waals surface area contributed by atoms with E-state index in [0.29, 0.717) is 30.4 Å². The van der Waals surface area contributed by atoms with E-state index in [-0.39, 0.29) is 0 Å². The monoisotopic (exact) mass is 498 g/mol. The first kappa shape index (κ1) is 30.4. The maximum atomic E-state index is 9.76. The number of nitrogen functional groups attached to an aromatic ring is 1. The lowest BCUT2D eigenvalue weighted by molar-refractivity contribution is -0.137. The SMILES string of the molecule is C=C/C(=C\N(C)CCCN)Nc1ncc(N)c(N(N)c2ccc(CCC)cc2)n1.CCCCC(=O)O. The van der Waals surface area contributed by atoms with E-state index in [1.54, 1.807) is 6.08 Å². The highest BCUT2D eigenvalue weighted by atomic mass is 16.4. The summed E-state index contributed by atoms with van der Waals surface area (Å²) in [5.41, 5.74) is 14.8. The van der Waals surface area contributed by atoms with E-state index in [9.17, 15) is 4.79 Å². The van der Waals surface area contributed by atoms with Gasteiger partial charge in [0.25, 0.3) is 0 Å². The minimum absolute atomic E-state index is 0.316. The number of benzene rings is 1. The molecule has 8 N–H and O–H groups in total. The van der Waals surface area contributed by atoms with Gasteiger partial charge >= 0.3 is 5.97 Å². The molecule has 0 amide bonds. The summed E-state index contributed by atoms with van der Waals surface area (Å²) >= 11 is 0. The van der Waals surface area contributed by atoms with Crippen LogP contribution in [0.1, 0.15) is 51.5 Å². The number of anilines is 4. The molecule has 0 aliphatic rings. The topological polar surface area (TPSA) is 160 Å². The maximum absolute atomic E-state index is 9.76. The number of nitrogens with two attached hydrogens (primary N) is 3. The van der Waals surface area contributed by atoms with E-state index in [1.807, 2.05) is 37.2 Å². The molecule has 10 nitrogen and oxygen atoms in total. The number of nitrogens with zero attached hydrogens (tertiary/aromatic N) is 4. The molecule has 1 aromatic heterocycles. The molecule has 0 aliphatic carbocycles. The number of hydrogen-bond donors (Lipinski definition) is 5. The Bertz CT molecular complexity index is 963. The summed E-state index contributed by atoms with van der Waals surface area (Å²) in [4.78, 5) is 20.5. The van der Waals surface area contributed by atoms with Gasteiger partial charge in [0.1, 0.15) is 0 Å². The molecule has 36 heavy (non-hydrogen) atoms. The molecule has 2 rings (SSSR count). The number of carbonyl (C=O) groups is 1. The fraction of sp³-hybridized carbons (Fsp3) is 0.423. The number of carboxylic acid groups (broad SMARTS) is 1. The molecule has 2 aromatic rings. The number of aliphatic carboxylic acids is 1. The van der Waals surface area contributed by atoms with E-state index >= 15 is 0 Å². The van der Waals surface area contributed by atoms with E-state index in [2.05, 4.69) is 40.9 Å². The largest absolute Gasteiger partial charge is 0.481 e.